The summed E-state index contributed by atoms with van der Waals surface area (Å²) in [5.74, 6) is 0.283. The number of hydrogen-bond acceptors (Lipinski definition) is 7. The third kappa shape index (κ3) is 5.80. The highest BCUT2D eigenvalue weighted by atomic mass is 32.2. The van der Waals surface area contributed by atoms with Crippen LogP contribution in [0.2, 0.25) is 0 Å². The van der Waals surface area contributed by atoms with E-state index in [0.717, 1.165) is 28.3 Å². The van der Waals surface area contributed by atoms with Crippen LogP contribution < -0.4 is 14.8 Å². The maximum Gasteiger partial charge on any atom is 0.262 e. The second kappa shape index (κ2) is 11.3. The van der Waals surface area contributed by atoms with Crippen LogP contribution in [0.1, 0.15) is 35.6 Å². The zero-order valence-electron chi connectivity index (χ0n) is 21.7. The predicted octanol–water partition coefficient (Wildman–Crippen LogP) is 5.33. The Morgan fingerprint density at radius 3 is 2.36 bits per heavy atom. The first-order valence-corrected chi connectivity index (χ1v) is 13.2. The lowest BCUT2D eigenvalue weighted by molar-refractivity contribution is -0.121. The first kappa shape index (κ1) is 26.4. The average molecular weight is 547 g/mol. The fourth-order valence-corrected chi connectivity index (χ4v) is 5.45. The highest BCUT2D eigenvalue weighted by Gasteiger charge is 2.39. The standard InChI is InChI=1S/C29H27FN4O4S/c1-17-4-9-20(14-23(17)30)31-27(35)16-26-28(36)32-29(39-26)34-25(19-7-12-22(38-3)13-8-19)15-24(33-34)18-5-10-21(37-2)11-6-18/h4-14,25-26H,15-16H2,1-3H3,(H,31,35)/t25-,26-/m1/s1. The molecule has 10 heteroatoms. The van der Waals surface area contributed by atoms with Crippen molar-refractivity contribution in [3.8, 4) is 11.5 Å². The number of carbonyl (C=O) groups is 2. The molecule has 0 spiro atoms. The number of hydrazone groups is 1. The summed E-state index contributed by atoms with van der Waals surface area (Å²) in [6.07, 6.45) is 0.499. The van der Waals surface area contributed by atoms with Gasteiger partial charge in [-0.15, -0.1) is 0 Å². The van der Waals surface area contributed by atoms with Crippen LogP contribution in [0.4, 0.5) is 10.1 Å². The van der Waals surface area contributed by atoms with Crippen molar-refractivity contribution < 1.29 is 23.5 Å². The molecule has 2 heterocycles. The number of halogens is 1. The lowest BCUT2D eigenvalue weighted by atomic mass is 9.98. The van der Waals surface area contributed by atoms with Crippen molar-refractivity contribution >= 4 is 40.1 Å². The van der Waals surface area contributed by atoms with Crippen molar-refractivity contribution in [2.45, 2.75) is 31.1 Å². The molecule has 0 bridgehead atoms. The number of anilines is 1. The monoisotopic (exact) mass is 546 g/mol. The maximum atomic E-state index is 13.9. The number of methoxy groups -OCH3 is 2. The number of aliphatic imine (C=N–C) groups is 1. The molecule has 0 saturated heterocycles. The molecule has 3 aromatic rings. The number of carbonyl (C=O) groups excluding carboxylic acids is 2. The molecule has 39 heavy (non-hydrogen) atoms. The molecule has 0 aromatic heterocycles. The molecule has 0 radical (unpaired) electrons. The van der Waals surface area contributed by atoms with Gasteiger partial charge in [0.25, 0.3) is 5.91 Å². The molecule has 2 aliphatic rings. The number of thioether (sulfide) groups is 1. The molecule has 2 aliphatic heterocycles. The van der Waals surface area contributed by atoms with Gasteiger partial charge in [-0.05, 0) is 72.1 Å². The van der Waals surface area contributed by atoms with E-state index in [1.165, 1.54) is 17.8 Å². The van der Waals surface area contributed by atoms with E-state index in [-0.39, 0.29) is 12.5 Å². The first-order chi connectivity index (χ1) is 18.8. The summed E-state index contributed by atoms with van der Waals surface area (Å²) in [6, 6.07) is 19.6. The van der Waals surface area contributed by atoms with Gasteiger partial charge in [-0.2, -0.15) is 10.1 Å². The summed E-state index contributed by atoms with van der Waals surface area (Å²) in [4.78, 5) is 29.8. The molecular formula is C29H27FN4O4S. The minimum absolute atomic E-state index is 0.0951. The summed E-state index contributed by atoms with van der Waals surface area (Å²) in [5.41, 5.74) is 3.60. The van der Waals surface area contributed by atoms with Crippen molar-refractivity contribution in [2.24, 2.45) is 10.1 Å². The Balaban J connectivity index is 1.35. The van der Waals surface area contributed by atoms with E-state index >= 15 is 0 Å². The number of rotatable bonds is 7. The predicted molar refractivity (Wildman–Crippen MR) is 150 cm³/mol. The van der Waals surface area contributed by atoms with Crippen LogP contribution in [0.3, 0.4) is 0 Å². The normalized spacial score (nSPS) is 18.6. The summed E-state index contributed by atoms with van der Waals surface area (Å²) >= 11 is 1.21. The number of ether oxygens (including phenoxy) is 2. The molecule has 0 fully saturated rings. The van der Waals surface area contributed by atoms with Crippen molar-refractivity contribution in [1.82, 2.24) is 5.01 Å². The SMILES string of the molecule is COc1ccc(C2=NN(C3=NC(=O)[C@@H](CC(=O)Nc4ccc(C)c(F)c4)S3)[C@@H](c3ccc(OC)cc3)C2)cc1. The topological polar surface area (TPSA) is 92.6 Å². The van der Waals surface area contributed by atoms with Crippen molar-refractivity contribution in [3.63, 3.8) is 0 Å². The third-order valence-electron chi connectivity index (χ3n) is 6.59. The minimum atomic E-state index is -0.702. The zero-order chi connectivity index (χ0) is 27.5. The number of benzene rings is 3. The van der Waals surface area contributed by atoms with Gasteiger partial charge in [0, 0.05) is 18.5 Å². The Kier molecular flexibility index (Phi) is 7.65. The van der Waals surface area contributed by atoms with Gasteiger partial charge in [0.15, 0.2) is 5.17 Å². The quantitative estimate of drug-likeness (QED) is 0.431. The Morgan fingerprint density at radius 2 is 1.72 bits per heavy atom. The van der Waals surface area contributed by atoms with E-state index in [1.807, 2.05) is 48.5 Å². The van der Waals surface area contributed by atoms with Crippen LogP contribution in [-0.4, -0.2) is 47.2 Å². The molecule has 5 rings (SSSR count). The molecule has 0 unspecified atom stereocenters. The largest absolute Gasteiger partial charge is 0.497 e. The van der Waals surface area contributed by atoms with Crippen molar-refractivity contribution in [2.75, 3.05) is 19.5 Å². The lowest BCUT2D eigenvalue weighted by Crippen LogP contribution is -2.25. The van der Waals surface area contributed by atoms with E-state index < -0.39 is 22.9 Å². The smallest absolute Gasteiger partial charge is 0.262 e. The Bertz CT molecular complexity index is 1460. The van der Waals surface area contributed by atoms with Crippen LogP contribution in [-0.2, 0) is 9.59 Å². The van der Waals surface area contributed by atoms with Gasteiger partial charge in [-0.25, -0.2) is 9.40 Å². The zero-order valence-corrected chi connectivity index (χ0v) is 22.5. The van der Waals surface area contributed by atoms with Gasteiger partial charge in [0.1, 0.15) is 22.6 Å². The molecule has 200 valence electrons. The third-order valence-corrected chi connectivity index (χ3v) is 7.73. The van der Waals surface area contributed by atoms with Crippen LogP contribution >= 0.6 is 11.8 Å². The summed E-state index contributed by atoms with van der Waals surface area (Å²) in [5, 5.41) is 9.02. The van der Waals surface area contributed by atoms with Gasteiger partial charge in [-0.3, -0.25) is 9.59 Å². The number of nitrogens with one attached hydrogen (secondary N) is 1. The molecule has 3 aromatic carbocycles. The number of nitrogens with zero attached hydrogens (tertiary/aromatic N) is 3. The van der Waals surface area contributed by atoms with Crippen molar-refractivity contribution in [1.29, 1.82) is 0 Å². The summed E-state index contributed by atoms with van der Waals surface area (Å²) in [6.45, 7) is 1.65. The van der Waals surface area contributed by atoms with Crippen LogP contribution in [0.25, 0.3) is 0 Å². The Morgan fingerprint density at radius 1 is 1.05 bits per heavy atom. The van der Waals surface area contributed by atoms with Gasteiger partial charge >= 0.3 is 0 Å². The Labute approximate surface area is 229 Å². The highest BCUT2D eigenvalue weighted by molar-refractivity contribution is 8.15. The first-order valence-electron chi connectivity index (χ1n) is 12.3. The van der Waals surface area contributed by atoms with Gasteiger partial charge < -0.3 is 14.8 Å². The van der Waals surface area contributed by atoms with Crippen molar-refractivity contribution in [3.05, 3.63) is 89.2 Å². The molecule has 8 nitrogen and oxygen atoms in total. The fraction of sp³-hybridized carbons (Fsp3) is 0.241. The fourth-order valence-electron chi connectivity index (χ4n) is 4.39. The van der Waals surface area contributed by atoms with E-state index in [0.29, 0.717) is 22.8 Å². The molecule has 1 N–H and O–H groups in total. The van der Waals surface area contributed by atoms with Crippen LogP contribution in [0, 0.1) is 12.7 Å². The molecule has 0 saturated carbocycles. The van der Waals surface area contributed by atoms with E-state index in [4.69, 9.17) is 14.6 Å². The minimum Gasteiger partial charge on any atom is -0.497 e. The second-order valence-corrected chi connectivity index (χ2v) is 10.3. The maximum absolute atomic E-state index is 13.9. The van der Waals surface area contributed by atoms with E-state index in [9.17, 15) is 14.0 Å². The number of amidine groups is 1. The molecular weight excluding hydrogens is 519 g/mol. The highest BCUT2D eigenvalue weighted by Crippen LogP contribution is 2.39. The summed E-state index contributed by atoms with van der Waals surface area (Å²) < 4.78 is 24.5. The summed E-state index contributed by atoms with van der Waals surface area (Å²) in [7, 11) is 3.23. The average Bonchev–Trinajstić information content (AvgIpc) is 3.54. The van der Waals surface area contributed by atoms with Gasteiger partial charge in [0.2, 0.25) is 5.91 Å². The molecule has 2 atom stereocenters. The molecule has 2 amide bonds. The van der Waals surface area contributed by atoms with Crippen LogP contribution in [0.5, 0.6) is 11.5 Å². The number of amides is 2. The number of aryl methyl sites for hydroxylation is 1. The van der Waals surface area contributed by atoms with Crippen LogP contribution in [0.15, 0.2) is 76.8 Å². The Hall–Kier alpha value is -4.18. The lowest BCUT2D eigenvalue weighted by Gasteiger charge is -2.23. The molecule has 0 aliphatic carbocycles. The van der Waals surface area contributed by atoms with E-state index in [2.05, 4.69) is 10.3 Å². The number of hydrogen-bond donors (Lipinski definition) is 1. The van der Waals surface area contributed by atoms with E-state index in [1.54, 1.807) is 38.3 Å². The van der Waals surface area contributed by atoms with Gasteiger partial charge in [-0.1, -0.05) is 30.0 Å². The van der Waals surface area contributed by atoms with Gasteiger partial charge in [0.05, 0.1) is 26.0 Å². The second-order valence-electron chi connectivity index (χ2n) is 9.17.